The minimum absolute atomic E-state index is 0.0565. The lowest BCUT2D eigenvalue weighted by Gasteiger charge is -2.12. The van der Waals surface area contributed by atoms with Crippen molar-refractivity contribution >= 4 is 29.1 Å². The quantitative estimate of drug-likeness (QED) is 0.758. The van der Waals surface area contributed by atoms with E-state index in [0.717, 1.165) is 0 Å². The van der Waals surface area contributed by atoms with Crippen LogP contribution in [0.25, 0.3) is 0 Å². The van der Waals surface area contributed by atoms with Crippen LogP contribution in [0.5, 0.6) is 0 Å². The van der Waals surface area contributed by atoms with Crippen LogP contribution in [0.15, 0.2) is 12.4 Å². The summed E-state index contributed by atoms with van der Waals surface area (Å²) < 4.78 is 39.9. The zero-order valence-electron chi connectivity index (χ0n) is 12.5. The van der Waals surface area contributed by atoms with Crippen LogP contribution >= 0.6 is 11.6 Å². The van der Waals surface area contributed by atoms with Crippen LogP contribution in [0.2, 0.25) is 5.15 Å². The highest BCUT2D eigenvalue weighted by Gasteiger charge is 2.41. The second-order valence-corrected chi connectivity index (χ2v) is 5.92. The van der Waals surface area contributed by atoms with Crippen molar-refractivity contribution in [1.29, 1.82) is 0 Å². The fourth-order valence-corrected chi connectivity index (χ4v) is 2.31. The lowest BCUT2D eigenvalue weighted by molar-refractivity contribution is -0.137. The molecule has 0 amide bonds. The molecular formula is C13H14ClF3N6O. The van der Waals surface area contributed by atoms with Gasteiger partial charge in [-0.15, -0.1) is 0 Å². The highest BCUT2D eigenvalue weighted by Crippen LogP contribution is 2.38. The van der Waals surface area contributed by atoms with Crippen LogP contribution in [-0.4, -0.2) is 37.5 Å². The Balaban J connectivity index is 1.81. The Bertz CT molecular complexity index is 759. The predicted molar refractivity (Wildman–Crippen MR) is 81.3 cm³/mol. The van der Waals surface area contributed by atoms with Crippen LogP contribution in [0, 0.1) is 0 Å². The van der Waals surface area contributed by atoms with Crippen LogP contribution in [-0.2, 0) is 12.7 Å². The molecule has 0 aliphatic heterocycles. The third-order valence-electron chi connectivity index (χ3n) is 3.62. The van der Waals surface area contributed by atoms with E-state index in [1.165, 1.54) is 17.9 Å². The lowest BCUT2D eigenvalue weighted by Crippen LogP contribution is -2.17. The van der Waals surface area contributed by atoms with Gasteiger partial charge < -0.3 is 15.7 Å². The molecule has 1 saturated carbocycles. The number of hydrogen-bond acceptors (Lipinski definition) is 6. The highest BCUT2D eigenvalue weighted by molar-refractivity contribution is 6.32. The minimum atomic E-state index is -4.56. The number of rotatable bonds is 5. The van der Waals surface area contributed by atoms with E-state index >= 15 is 0 Å². The first-order chi connectivity index (χ1) is 11.2. The van der Waals surface area contributed by atoms with Crippen LogP contribution < -0.4 is 10.6 Å². The van der Waals surface area contributed by atoms with Gasteiger partial charge in [0.05, 0.1) is 24.0 Å². The van der Waals surface area contributed by atoms with Crippen molar-refractivity contribution in [2.45, 2.75) is 31.2 Å². The molecule has 0 radical (unpaired) electrons. The van der Waals surface area contributed by atoms with Crippen molar-refractivity contribution < 1.29 is 18.3 Å². The van der Waals surface area contributed by atoms with Gasteiger partial charge >= 0.3 is 6.18 Å². The second kappa shape index (κ2) is 5.78. The normalized spacial score (nSPS) is 16.1. The number of alkyl halides is 3. The number of aliphatic hydroxyl groups is 1. The van der Waals surface area contributed by atoms with Gasteiger partial charge in [-0.2, -0.15) is 23.3 Å². The summed E-state index contributed by atoms with van der Waals surface area (Å²) in [4.78, 5) is 7.45. The maximum atomic E-state index is 12.8. The van der Waals surface area contributed by atoms with Gasteiger partial charge in [-0.3, -0.25) is 0 Å². The fourth-order valence-electron chi connectivity index (χ4n) is 2.11. The Kier molecular flexibility index (Phi) is 4.04. The van der Waals surface area contributed by atoms with Crippen molar-refractivity contribution in [2.75, 3.05) is 17.7 Å². The molecule has 24 heavy (non-hydrogen) atoms. The monoisotopic (exact) mass is 362 g/mol. The first-order valence-corrected chi connectivity index (χ1v) is 7.42. The standard InChI is InChI=1S/C13H14ClF3N6O/c1-18-10-7(13(15,16)17)4-19-11(22-10)21-8-5-20-23(9(8)14)6-12(24)2-3-12/h4-5,24H,2-3,6H2,1H3,(H2,18,19,21,22). The van der Waals surface area contributed by atoms with E-state index in [-0.39, 0.29) is 23.5 Å². The Morgan fingerprint density at radius 3 is 2.67 bits per heavy atom. The minimum Gasteiger partial charge on any atom is -0.388 e. The fraction of sp³-hybridized carbons (Fsp3) is 0.462. The number of hydrogen-bond donors (Lipinski definition) is 3. The van der Waals surface area contributed by atoms with Gasteiger partial charge in [0.2, 0.25) is 5.95 Å². The SMILES string of the molecule is CNc1nc(Nc2cnn(CC3(O)CC3)c2Cl)ncc1C(F)(F)F. The number of aromatic nitrogens is 4. The molecular weight excluding hydrogens is 349 g/mol. The smallest absolute Gasteiger partial charge is 0.388 e. The maximum Gasteiger partial charge on any atom is 0.421 e. The first-order valence-electron chi connectivity index (χ1n) is 7.04. The molecule has 2 heterocycles. The number of nitrogens with one attached hydrogen (secondary N) is 2. The van der Waals surface area contributed by atoms with E-state index in [2.05, 4.69) is 25.7 Å². The van der Waals surface area contributed by atoms with Crippen LogP contribution in [0.4, 0.5) is 30.6 Å². The highest BCUT2D eigenvalue weighted by atomic mass is 35.5. The molecule has 0 atom stereocenters. The summed E-state index contributed by atoms with van der Waals surface area (Å²) in [5.74, 6) is -0.408. The Hall–Kier alpha value is -2.07. The number of nitrogens with zero attached hydrogens (tertiary/aromatic N) is 4. The van der Waals surface area contributed by atoms with Gasteiger partial charge in [0.25, 0.3) is 0 Å². The third kappa shape index (κ3) is 3.39. The van der Waals surface area contributed by atoms with Gasteiger partial charge in [0.1, 0.15) is 11.4 Å². The molecule has 1 aliphatic rings. The molecule has 0 bridgehead atoms. The van der Waals surface area contributed by atoms with Gasteiger partial charge in [-0.25, -0.2) is 9.67 Å². The second-order valence-electron chi connectivity index (χ2n) is 5.56. The zero-order valence-corrected chi connectivity index (χ0v) is 13.3. The van der Waals surface area contributed by atoms with E-state index in [4.69, 9.17) is 11.6 Å². The Labute approximate surface area is 139 Å². The summed E-state index contributed by atoms with van der Waals surface area (Å²) in [5.41, 5.74) is -1.41. The molecule has 11 heteroatoms. The molecule has 2 aromatic rings. The van der Waals surface area contributed by atoms with Crippen LogP contribution in [0.3, 0.4) is 0 Å². The van der Waals surface area contributed by atoms with Gasteiger partial charge in [0, 0.05) is 13.2 Å². The average molecular weight is 363 g/mol. The molecule has 1 aliphatic carbocycles. The average Bonchev–Trinajstić information content (AvgIpc) is 3.16. The molecule has 7 nitrogen and oxygen atoms in total. The molecule has 0 saturated heterocycles. The molecule has 0 spiro atoms. The van der Waals surface area contributed by atoms with Gasteiger partial charge in [-0.05, 0) is 12.8 Å². The molecule has 0 unspecified atom stereocenters. The van der Waals surface area contributed by atoms with E-state index in [1.54, 1.807) is 0 Å². The first kappa shape index (κ1) is 16.8. The van der Waals surface area contributed by atoms with Gasteiger partial charge in [0.15, 0.2) is 5.15 Å². The van der Waals surface area contributed by atoms with Crippen molar-refractivity contribution in [3.63, 3.8) is 0 Å². The van der Waals surface area contributed by atoms with Crippen molar-refractivity contribution in [2.24, 2.45) is 0 Å². The van der Waals surface area contributed by atoms with E-state index in [9.17, 15) is 18.3 Å². The number of halogens is 4. The number of anilines is 3. The topological polar surface area (TPSA) is 87.9 Å². The van der Waals surface area contributed by atoms with Crippen LogP contribution in [0.1, 0.15) is 18.4 Å². The van der Waals surface area contributed by atoms with E-state index in [1.807, 2.05) is 0 Å². The largest absolute Gasteiger partial charge is 0.421 e. The maximum absolute atomic E-state index is 12.8. The summed E-state index contributed by atoms with van der Waals surface area (Å²) in [7, 11) is 1.34. The molecule has 2 aromatic heterocycles. The van der Waals surface area contributed by atoms with E-state index < -0.39 is 17.3 Å². The Morgan fingerprint density at radius 2 is 2.08 bits per heavy atom. The summed E-state index contributed by atoms with van der Waals surface area (Å²) in [6.45, 7) is 0.253. The predicted octanol–water partition coefficient (Wildman–Crippen LogP) is 2.66. The summed E-state index contributed by atoms with van der Waals surface area (Å²) in [6.07, 6.45) is -1.11. The van der Waals surface area contributed by atoms with Crippen molar-refractivity contribution in [3.8, 4) is 0 Å². The molecule has 1 fully saturated rings. The van der Waals surface area contributed by atoms with Crippen molar-refractivity contribution in [3.05, 3.63) is 23.1 Å². The van der Waals surface area contributed by atoms with E-state index in [0.29, 0.717) is 24.7 Å². The third-order valence-corrected chi connectivity index (χ3v) is 4.02. The summed E-state index contributed by atoms with van der Waals surface area (Å²) in [6, 6.07) is 0. The molecule has 0 aromatic carbocycles. The van der Waals surface area contributed by atoms with Crippen molar-refractivity contribution in [1.82, 2.24) is 19.7 Å². The zero-order chi connectivity index (χ0) is 17.5. The summed E-state index contributed by atoms with van der Waals surface area (Å²) >= 11 is 6.16. The Morgan fingerprint density at radius 1 is 1.38 bits per heavy atom. The summed E-state index contributed by atoms with van der Waals surface area (Å²) in [5, 5.41) is 19.3. The van der Waals surface area contributed by atoms with Gasteiger partial charge in [-0.1, -0.05) is 11.6 Å². The molecule has 3 rings (SSSR count). The molecule has 130 valence electrons. The molecule has 3 N–H and O–H groups in total. The lowest BCUT2D eigenvalue weighted by atomic mass is 10.3.